The predicted octanol–water partition coefficient (Wildman–Crippen LogP) is 3.56. The fraction of sp³-hybridized carbons (Fsp3) is 0.350. The molecule has 25 heavy (non-hydrogen) atoms. The maximum atomic E-state index is 12.9. The van der Waals surface area contributed by atoms with Gasteiger partial charge in [0, 0.05) is 19.6 Å². The van der Waals surface area contributed by atoms with Gasteiger partial charge in [0.1, 0.15) is 5.82 Å². The van der Waals surface area contributed by atoms with E-state index >= 15 is 0 Å². The van der Waals surface area contributed by atoms with Crippen LogP contribution in [0.3, 0.4) is 0 Å². The molecule has 1 spiro atoms. The van der Waals surface area contributed by atoms with Crippen LogP contribution in [0.2, 0.25) is 0 Å². The monoisotopic (exact) mass is 340 g/mol. The minimum Gasteiger partial charge on any atom is -0.365 e. The van der Waals surface area contributed by atoms with Crippen molar-refractivity contribution in [3.63, 3.8) is 0 Å². The highest BCUT2D eigenvalue weighted by Gasteiger charge is 2.43. The highest BCUT2D eigenvalue weighted by Crippen LogP contribution is 2.43. The van der Waals surface area contributed by atoms with Crippen molar-refractivity contribution in [3.8, 4) is 0 Å². The molecule has 4 nitrogen and oxygen atoms in total. The predicted molar refractivity (Wildman–Crippen MR) is 92.4 cm³/mol. The van der Waals surface area contributed by atoms with Crippen molar-refractivity contribution < 1.29 is 13.9 Å². The number of rotatable bonds is 2. The molecule has 0 unspecified atom stereocenters. The van der Waals surface area contributed by atoms with Gasteiger partial charge < -0.3 is 15.0 Å². The third kappa shape index (κ3) is 3.12. The first-order valence-electron chi connectivity index (χ1n) is 8.66. The first-order valence-corrected chi connectivity index (χ1v) is 8.66. The van der Waals surface area contributed by atoms with E-state index in [0.29, 0.717) is 26.2 Å². The molecule has 130 valence electrons. The molecule has 2 aliphatic heterocycles. The number of nitrogens with zero attached hydrogens (tertiary/aromatic N) is 1. The maximum absolute atomic E-state index is 12.9. The Morgan fingerprint density at radius 2 is 1.84 bits per heavy atom. The number of urea groups is 1. The minimum atomic E-state index is -0.270. The fourth-order valence-corrected chi connectivity index (χ4v) is 3.76. The van der Waals surface area contributed by atoms with E-state index in [1.54, 1.807) is 12.1 Å². The van der Waals surface area contributed by atoms with Crippen molar-refractivity contribution >= 4 is 6.03 Å². The van der Waals surface area contributed by atoms with Crippen LogP contribution >= 0.6 is 0 Å². The summed E-state index contributed by atoms with van der Waals surface area (Å²) in [5.41, 5.74) is 3.19. The Morgan fingerprint density at radius 3 is 2.60 bits per heavy atom. The zero-order valence-corrected chi connectivity index (χ0v) is 14.0. The SMILES string of the molecule is O=C(NCc1ccc(F)cc1)N1CCC2(CC1)OCc1ccccc12. The number of amides is 2. The summed E-state index contributed by atoms with van der Waals surface area (Å²) in [4.78, 5) is 14.2. The van der Waals surface area contributed by atoms with E-state index in [4.69, 9.17) is 4.74 Å². The van der Waals surface area contributed by atoms with E-state index in [2.05, 4.69) is 23.5 Å². The van der Waals surface area contributed by atoms with Gasteiger partial charge in [-0.2, -0.15) is 0 Å². The summed E-state index contributed by atoms with van der Waals surface area (Å²) in [6.07, 6.45) is 1.63. The van der Waals surface area contributed by atoms with E-state index in [9.17, 15) is 9.18 Å². The van der Waals surface area contributed by atoms with Crippen LogP contribution < -0.4 is 5.32 Å². The Bertz CT molecular complexity index is 768. The minimum absolute atomic E-state index is 0.0783. The van der Waals surface area contributed by atoms with Crippen molar-refractivity contribution in [3.05, 3.63) is 71.0 Å². The van der Waals surface area contributed by atoms with Crippen LogP contribution in [-0.2, 0) is 23.5 Å². The highest BCUT2D eigenvalue weighted by atomic mass is 19.1. The van der Waals surface area contributed by atoms with Gasteiger partial charge in [-0.25, -0.2) is 9.18 Å². The summed E-state index contributed by atoms with van der Waals surface area (Å²) in [7, 11) is 0. The molecule has 0 radical (unpaired) electrons. The molecule has 0 bridgehead atoms. The number of benzene rings is 2. The molecule has 2 aromatic carbocycles. The Hall–Kier alpha value is -2.40. The lowest BCUT2D eigenvalue weighted by molar-refractivity contribution is -0.0728. The third-order valence-corrected chi connectivity index (χ3v) is 5.23. The van der Waals surface area contributed by atoms with E-state index in [1.807, 2.05) is 11.0 Å². The molecule has 2 heterocycles. The highest BCUT2D eigenvalue weighted by molar-refractivity contribution is 5.74. The zero-order valence-electron chi connectivity index (χ0n) is 14.0. The molecular weight excluding hydrogens is 319 g/mol. The average molecular weight is 340 g/mol. The molecule has 2 aliphatic rings. The lowest BCUT2D eigenvalue weighted by Crippen LogP contribution is -2.48. The molecule has 0 aromatic heterocycles. The molecule has 1 N–H and O–H groups in total. The third-order valence-electron chi connectivity index (χ3n) is 5.23. The Balaban J connectivity index is 1.34. The van der Waals surface area contributed by atoms with E-state index in [1.165, 1.54) is 23.3 Å². The lowest BCUT2D eigenvalue weighted by atomic mass is 9.84. The molecule has 4 rings (SSSR count). The normalized spacial score (nSPS) is 18.2. The molecule has 0 saturated carbocycles. The number of nitrogens with one attached hydrogen (secondary N) is 1. The first-order chi connectivity index (χ1) is 12.2. The van der Waals surface area contributed by atoms with Gasteiger partial charge in [-0.05, 0) is 41.7 Å². The summed E-state index contributed by atoms with van der Waals surface area (Å²) in [5, 5.41) is 2.91. The number of halogens is 1. The quantitative estimate of drug-likeness (QED) is 0.908. The van der Waals surface area contributed by atoms with Crippen LogP contribution in [0, 0.1) is 5.82 Å². The van der Waals surface area contributed by atoms with Gasteiger partial charge in [-0.1, -0.05) is 36.4 Å². The topological polar surface area (TPSA) is 41.6 Å². The number of fused-ring (bicyclic) bond motifs is 2. The Kier molecular flexibility index (Phi) is 4.17. The van der Waals surface area contributed by atoms with Gasteiger partial charge in [0.05, 0.1) is 12.2 Å². The smallest absolute Gasteiger partial charge is 0.317 e. The zero-order chi connectivity index (χ0) is 17.3. The molecule has 5 heteroatoms. The number of carbonyl (C=O) groups is 1. The van der Waals surface area contributed by atoms with E-state index in [-0.39, 0.29) is 17.4 Å². The van der Waals surface area contributed by atoms with Crippen molar-refractivity contribution in [1.82, 2.24) is 10.2 Å². The number of ether oxygens (including phenoxy) is 1. The number of likely N-dealkylation sites (tertiary alicyclic amines) is 1. The summed E-state index contributed by atoms with van der Waals surface area (Å²) in [5.74, 6) is -0.270. The van der Waals surface area contributed by atoms with Crippen LogP contribution in [0.5, 0.6) is 0 Å². The molecule has 2 aromatic rings. The summed E-state index contributed by atoms with van der Waals surface area (Å²) >= 11 is 0. The molecule has 0 aliphatic carbocycles. The Labute approximate surface area is 146 Å². The summed E-state index contributed by atoms with van der Waals surface area (Å²) in [6, 6.07) is 14.5. The van der Waals surface area contributed by atoms with Crippen molar-refractivity contribution in [2.75, 3.05) is 13.1 Å². The lowest BCUT2D eigenvalue weighted by Gasteiger charge is -2.39. The van der Waals surface area contributed by atoms with Crippen LogP contribution in [0.1, 0.15) is 29.5 Å². The van der Waals surface area contributed by atoms with Gasteiger partial charge in [0.25, 0.3) is 0 Å². The van der Waals surface area contributed by atoms with Gasteiger partial charge >= 0.3 is 6.03 Å². The van der Waals surface area contributed by atoms with Crippen LogP contribution in [-0.4, -0.2) is 24.0 Å². The summed E-state index contributed by atoms with van der Waals surface area (Å²) in [6.45, 7) is 2.40. The molecular formula is C20H21FN2O2. The second-order valence-corrected chi connectivity index (χ2v) is 6.71. The molecule has 1 saturated heterocycles. The van der Waals surface area contributed by atoms with Crippen LogP contribution in [0.4, 0.5) is 9.18 Å². The number of piperidine rings is 1. The maximum Gasteiger partial charge on any atom is 0.317 e. The van der Waals surface area contributed by atoms with Crippen molar-refractivity contribution in [2.45, 2.75) is 31.6 Å². The van der Waals surface area contributed by atoms with E-state index < -0.39 is 0 Å². The fourth-order valence-electron chi connectivity index (χ4n) is 3.76. The largest absolute Gasteiger partial charge is 0.365 e. The van der Waals surface area contributed by atoms with Gasteiger partial charge in [-0.3, -0.25) is 0 Å². The average Bonchev–Trinajstić information content (AvgIpc) is 3.00. The second-order valence-electron chi connectivity index (χ2n) is 6.71. The molecule has 1 fully saturated rings. The first kappa shape index (κ1) is 16.1. The van der Waals surface area contributed by atoms with Crippen molar-refractivity contribution in [1.29, 1.82) is 0 Å². The van der Waals surface area contributed by atoms with E-state index in [0.717, 1.165) is 18.4 Å². The van der Waals surface area contributed by atoms with Crippen LogP contribution in [0.15, 0.2) is 48.5 Å². The van der Waals surface area contributed by atoms with Crippen LogP contribution in [0.25, 0.3) is 0 Å². The Morgan fingerprint density at radius 1 is 1.12 bits per heavy atom. The van der Waals surface area contributed by atoms with Gasteiger partial charge in [0.2, 0.25) is 0 Å². The number of hydrogen-bond donors (Lipinski definition) is 1. The summed E-state index contributed by atoms with van der Waals surface area (Å²) < 4.78 is 19.0. The standard InChI is InChI=1S/C20H21FN2O2/c21-17-7-5-15(6-8-17)13-22-19(24)23-11-9-20(10-12-23)18-4-2-1-3-16(18)14-25-20/h1-8H,9-14H2,(H,22,24). The van der Waals surface area contributed by atoms with Crippen molar-refractivity contribution in [2.24, 2.45) is 0 Å². The second kappa shape index (κ2) is 6.48. The number of carbonyl (C=O) groups excluding carboxylic acids is 1. The molecule has 2 amide bonds. The molecule has 0 atom stereocenters. The van der Waals surface area contributed by atoms with Gasteiger partial charge in [-0.15, -0.1) is 0 Å². The van der Waals surface area contributed by atoms with Gasteiger partial charge in [0.15, 0.2) is 0 Å². The number of hydrogen-bond acceptors (Lipinski definition) is 2.